The summed E-state index contributed by atoms with van der Waals surface area (Å²) in [4.78, 5) is 12.0. The summed E-state index contributed by atoms with van der Waals surface area (Å²) in [6.07, 6.45) is 3.54. The van der Waals surface area contributed by atoms with Crippen LogP contribution in [0.1, 0.15) is 12.8 Å². The van der Waals surface area contributed by atoms with Crippen molar-refractivity contribution in [2.75, 3.05) is 13.2 Å². The summed E-state index contributed by atoms with van der Waals surface area (Å²) in [6, 6.07) is 6.61. The number of halogens is 1. The van der Waals surface area contributed by atoms with Gasteiger partial charge in [-0.25, -0.2) is 4.39 Å². The highest BCUT2D eigenvalue weighted by Gasteiger charge is 2.16. The van der Waals surface area contributed by atoms with Gasteiger partial charge < -0.3 is 14.6 Å². The molecule has 0 radical (unpaired) electrons. The molecule has 20 heavy (non-hydrogen) atoms. The molecule has 1 amide bonds. The van der Waals surface area contributed by atoms with Crippen molar-refractivity contribution in [3.05, 3.63) is 36.3 Å². The number of nitrogens with zero attached hydrogens (tertiary/aromatic N) is 1. The number of ether oxygens (including phenoxy) is 1. The molecule has 1 N–H and O–H groups in total. The van der Waals surface area contributed by atoms with E-state index in [2.05, 4.69) is 5.32 Å². The van der Waals surface area contributed by atoms with Crippen molar-refractivity contribution < 1.29 is 13.9 Å². The molecule has 2 aromatic rings. The summed E-state index contributed by atoms with van der Waals surface area (Å²) in [7, 11) is 0. The molecule has 0 spiro atoms. The molecular weight excluding hydrogens is 259 g/mol. The van der Waals surface area contributed by atoms with Crippen LogP contribution in [0.15, 0.2) is 30.5 Å². The van der Waals surface area contributed by atoms with Gasteiger partial charge in [0.1, 0.15) is 12.4 Å². The standard InChI is InChI=1S/C15H17FN2O2/c16-12-1-2-14-11(9-12)3-6-18(14)10-15(19)17-13-4-7-20-8-5-13/h1-3,6,9,13H,4-5,7-8,10H2,(H,17,19). The summed E-state index contributed by atoms with van der Waals surface area (Å²) in [5.74, 6) is -0.277. The number of hydrogen-bond acceptors (Lipinski definition) is 2. The SMILES string of the molecule is O=C(Cn1ccc2cc(F)ccc21)NC1CCOCC1. The third-order valence-corrected chi connectivity index (χ3v) is 3.63. The number of aromatic nitrogens is 1. The summed E-state index contributed by atoms with van der Waals surface area (Å²) >= 11 is 0. The Morgan fingerprint density at radius 1 is 1.35 bits per heavy atom. The average molecular weight is 276 g/mol. The smallest absolute Gasteiger partial charge is 0.240 e. The molecule has 1 saturated heterocycles. The summed E-state index contributed by atoms with van der Waals surface area (Å²) in [5.41, 5.74) is 0.869. The molecule has 0 atom stereocenters. The lowest BCUT2D eigenvalue weighted by atomic mass is 10.1. The van der Waals surface area contributed by atoms with Crippen LogP contribution >= 0.6 is 0 Å². The van der Waals surface area contributed by atoms with Gasteiger partial charge in [0.25, 0.3) is 0 Å². The number of hydrogen-bond donors (Lipinski definition) is 1. The maximum Gasteiger partial charge on any atom is 0.240 e. The average Bonchev–Trinajstić information content (AvgIpc) is 2.82. The number of nitrogens with one attached hydrogen (secondary N) is 1. The van der Waals surface area contributed by atoms with Crippen LogP contribution in [0.2, 0.25) is 0 Å². The lowest BCUT2D eigenvalue weighted by Crippen LogP contribution is -2.40. The molecule has 0 unspecified atom stereocenters. The first-order valence-electron chi connectivity index (χ1n) is 6.84. The Hall–Kier alpha value is -1.88. The first kappa shape index (κ1) is 13.1. The zero-order valence-electron chi connectivity index (χ0n) is 11.1. The van der Waals surface area contributed by atoms with E-state index in [1.807, 2.05) is 16.8 Å². The summed E-state index contributed by atoms with van der Waals surface area (Å²) in [5, 5.41) is 3.83. The molecule has 2 heterocycles. The normalized spacial score (nSPS) is 16.4. The highest BCUT2D eigenvalue weighted by Crippen LogP contribution is 2.17. The minimum absolute atomic E-state index is 0.0151. The lowest BCUT2D eigenvalue weighted by Gasteiger charge is -2.23. The fourth-order valence-corrected chi connectivity index (χ4v) is 2.58. The number of carbonyl (C=O) groups is 1. The second kappa shape index (κ2) is 5.63. The van der Waals surface area contributed by atoms with E-state index < -0.39 is 0 Å². The van der Waals surface area contributed by atoms with Crippen molar-refractivity contribution in [1.29, 1.82) is 0 Å². The number of benzene rings is 1. The first-order valence-corrected chi connectivity index (χ1v) is 6.84. The van der Waals surface area contributed by atoms with Gasteiger partial charge in [0, 0.05) is 36.4 Å². The Morgan fingerprint density at radius 3 is 2.95 bits per heavy atom. The molecule has 1 aliphatic rings. The van der Waals surface area contributed by atoms with Gasteiger partial charge >= 0.3 is 0 Å². The van der Waals surface area contributed by atoms with Crippen molar-refractivity contribution >= 4 is 16.8 Å². The molecule has 4 nitrogen and oxygen atoms in total. The van der Waals surface area contributed by atoms with Gasteiger partial charge in [-0.1, -0.05) is 0 Å². The molecule has 1 aliphatic heterocycles. The Kier molecular flexibility index (Phi) is 3.69. The summed E-state index contributed by atoms with van der Waals surface area (Å²) < 4.78 is 20.2. The van der Waals surface area contributed by atoms with E-state index in [1.54, 1.807) is 6.07 Å². The predicted octanol–water partition coefficient (Wildman–Crippen LogP) is 2.08. The minimum Gasteiger partial charge on any atom is -0.381 e. The van der Waals surface area contributed by atoms with Crippen LogP contribution in [0.5, 0.6) is 0 Å². The van der Waals surface area contributed by atoms with E-state index in [0.717, 1.165) is 23.7 Å². The lowest BCUT2D eigenvalue weighted by molar-refractivity contribution is -0.122. The van der Waals surface area contributed by atoms with Gasteiger partial charge in [0.2, 0.25) is 5.91 Å². The Labute approximate surface area is 116 Å². The monoisotopic (exact) mass is 276 g/mol. The first-order chi connectivity index (χ1) is 9.72. The van der Waals surface area contributed by atoms with Gasteiger partial charge in [-0.05, 0) is 37.1 Å². The van der Waals surface area contributed by atoms with E-state index in [9.17, 15) is 9.18 Å². The number of fused-ring (bicyclic) bond motifs is 1. The van der Waals surface area contributed by atoms with Gasteiger partial charge in [-0.2, -0.15) is 0 Å². The van der Waals surface area contributed by atoms with Gasteiger partial charge in [0.15, 0.2) is 0 Å². The van der Waals surface area contributed by atoms with E-state index in [0.29, 0.717) is 13.2 Å². The van der Waals surface area contributed by atoms with Crippen molar-refractivity contribution in [3.8, 4) is 0 Å². The molecular formula is C15H17FN2O2. The van der Waals surface area contributed by atoms with Gasteiger partial charge in [-0.15, -0.1) is 0 Å². The zero-order chi connectivity index (χ0) is 13.9. The van der Waals surface area contributed by atoms with Crippen LogP contribution in [0, 0.1) is 5.82 Å². The Balaban J connectivity index is 1.67. The molecule has 1 aromatic heterocycles. The predicted molar refractivity (Wildman–Crippen MR) is 73.9 cm³/mol. The second-order valence-electron chi connectivity index (χ2n) is 5.10. The fourth-order valence-electron chi connectivity index (χ4n) is 2.58. The highest BCUT2D eigenvalue weighted by atomic mass is 19.1. The van der Waals surface area contributed by atoms with Crippen LogP contribution < -0.4 is 5.32 Å². The molecule has 0 saturated carbocycles. The zero-order valence-corrected chi connectivity index (χ0v) is 11.1. The van der Waals surface area contributed by atoms with Crippen molar-refractivity contribution in [1.82, 2.24) is 9.88 Å². The van der Waals surface area contributed by atoms with Gasteiger partial charge in [0.05, 0.1) is 0 Å². The maximum atomic E-state index is 13.1. The van der Waals surface area contributed by atoms with Crippen LogP contribution in [-0.4, -0.2) is 29.7 Å². The molecule has 3 rings (SSSR count). The highest BCUT2D eigenvalue weighted by molar-refractivity contribution is 5.83. The largest absolute Gasteiger partial charge is 0.381 e. The van der Waals surface area contributed by atoms with Crippen LogP contribution in [0.3, 0.4) is 0 Å². The Bertz CT molecular complexity index is 617. The van der Waals surface area contributed by atoms with Crippen LogP contribution in [0.4, 0.5) is 4.39 Å². The van der Waals surface area contributed by atoms with Crippen molar-refractivity contribution in [2.45, 2.75) is 25.4 Å². The Morgan fingerprint density at radius 2 is 2.15 bits per heavy atom. The number of carbonyl (C=O) groups excluding carboxylic acids is 1. The fraction of sp³-hybridized carbons (Fsp3) is 0.400. The quantitative estimate of drug-likeness (QED) is 0.932. The molecule has 1 aromatic carbocycles. The van der Waals surface area contributed by atoms with Crippen molar-refractivity contribution in [2.24, 2.45) is 0 Å². The maximum absolute atomic E-state index is 13.1. The molecule has 0 aliphatic carbocycles. The minimum atomic E-state index is -0.262. The second-order valence-corrected chi connectivity index (χ2v) is 5.10. The van der Waals surface area contributed by atoms with Crippen LogP contribution in [0.25, 0.3) is 10.9 Å². The van der Waals surface area contributed by atoms with E-state index in [1.165, 1.54) is 12.1 Å². The van der Waals surface area contributed by atoms with E-state index in [-0.39, 0.29) is 24.3 Å². The van der Waals surface area contributed by atoms with E-state index >= 15 is 0 Å². The third kappa shape index (κ3) is 2.82. The third-order valence-electron chi connectivity index (χ3n) is 3.63. The summed E-state index contributed by atoms with van der Waals surface area (Å²) in [6.45, 7) is 1.67. The number of rotatable bonds is 3. The topological polar surface area (TPSA) is 43.3 Å². The molecule has 0 bridgehead atoms. The molecule has 5 heteroatoms. The van der Waals surface area contributed by atoms with E-state index in [4.69, 9.17) is 4.74 Å². The molecule has 1 fully saturated rings. The number of amides is 1. The van der Waals surface area contributed by atoms with Crippen LogP contribution in [-0.2, 0) is 16.1 Å². The van der Waals surface area contributed by atoms with Gasteiger partial charge in [-0.3, -0.25) is 4.79 Å². The molecule has 106 valence electrons. The van der Waals surface area contributed by atoms with Crippen molar-refractivity contribution in [3.63, 3.8) is 0 Å².